The molecule has 0 bridgehead atoms. The van der Waals surface area contributed by atoms with E-state index in [0.29, 0.717) is 0 Å². The maximum Gasteiger partial charge on any atom is 0.0235 e. The van der Waals surface area contributed by atoms with Crippen molar-refractivity contribution >= 4 is 0 Å². The lowest BCUT2D eigenvalue weighted by atomic mass is 10.1. The quantitative estimate of drug-likeness (QED) is 0.886. The number of hydrogen-bond donors (Lipinski definition) is 1. The van der Waals surface area contributed by atoms with Crippen molar-refractivity contribution in [3.63, 3.8) is 0 Å². The smallest absolute Gasteiger partial charge is 0.0235 e. The second kappa shape index (κ2) is 6.70. The first-order chi connectivity index (χ1) is 9.85. The average Bonchev–Trinajstić information content (AvgIpc) is 3.10. The van der Waals surface area contributed by atoms with Crippen LogP contribution in [0.15, 0.2) is 24.3 Å². The lowest BCUT2D eigenvalue weighted by molar-refractivity contribution is 0.230. The van der Waals surface area contributed by atoms with Gasteiger partial charge in [-0.05, 0) is 50.5 Å². The molecule has 1 N–H and O–H groups in total. The van der Waals surface area contributed by atoms with E-state index in [9.17, 15) is 0 Å². The summed E-state index contributed by atoms with van der Waals surface area (Å²) in [5.41, 5.74) is 2.85. The zero-order valence-corrected chi connectivity index (χ0v) is 12.6. The molecule has 0 amide bonds. The normalized spacial score (nSPS) is 24.6. The minimum atomic E-state index is 0.818. The van der Waals surface area contributed by atoms with Crippen molar-refractivity contribution in [2.75, 3.05) is 33.2 Å². The molecule has 2 aliphatic rings. The van der Waals surface area contributed by atoms with Crippen molar-refractivity contribution in [3.8, 4) is 0 Å². The maximum atomic E-state index is 3.23. The molecule has 3 rings (SSSR count). The van der Waals surface area contributed by atoms with E-state index in [0.717, 1.165) is 19.1 Å². The summed E-state index contributed by atoms with van der Waals surface area (Å²) < 4.78 is 0. The van der Waals surface area contributed by atoms with E-state index in [4.69, 9.17) is 0 Å². The topological polar surface area (TPSA) is 18.5 Å². The standard InChI is InChI=1S/C17H27N3/c1-18-12-15-5-4-6-16(11-15)13-19-10-7-17(14-19)20-8-2-3-9-20/h4-6,11,17-18H,2-3,7-10,12-14H2,1H3. The van der Waals surface area contributed by atoms with E-state index in [-0.39, 0.29) is 0 Å². The van der Waals surface area contributed by atoms with Crippen molar-refractivity contribution in [1.82, 2.24) is 15.1 Å². The minimum absolute atomic E-state index is 0.818. The van der Waals surface area contributed by atoms with Gasteiger partial charge >= 0.3 is 0 Å². The van der Waals surface area contributed by atoms with Crippen molar-refractivity contribution < 1.29 is 0 Å². The number of nitrogens with zero attached hydrogens (tertiary/aromatic N) is 2. The van der Waals surface area contributed by atoms with Gasteiger partial charge in [-0.1, -0.05) is 24.3 Å². The number of likely N-dealkylation sites (tertiary alicyclic amines) is 2. The van der Waals surface area contributed by atoms with Crippen LogP contribution in [-0.4, -0.2) is 49.1 Å². The van der Waals surface area contributed by atoms with E-state index in [1.165, 1.54) is 56.6 Å². The van der Waals surface area contributed by atoms with Gasteiger partial charge in [0.25, 0.3) is 0 Å². The molecule has 1 aromatic carbocycles. The molecular weight excluding hydrogens is 246 g/mol. The summed E-state index contributed by atoms with van der Waals surface area (Å²) in [6, 6.07) is 9.83. The highest BCUT2D eigenvalue weighted by atomic mass is 15.3. The zero-order valence-electron chi connectivity index (χ0n) is 12.6. The second-order valence-corrected chi connectivity index (χ2v) is 6.27. The van der Waals surface area contributed by atoms with Crippen LogP contribution in [0.1, 0.15) is 30.4 Å². The predicted molar refractivity (Wildman–Crippen MR) is 83.7 cm³/mol. The summed E-state index contributed by atoms with van der Waals surface area (Å²) >= 11 is 0. The summed E-state index contributed by atoms with van der Waals surface area (Å²) in [4.78, 5) is 5.33. The van der Waals surface area contributed by atoms with Gasteiger partial charge in [0.15, 0.2) is 0 Å². The Morgan fingerprint density at radius 2 is 1.95 bits per heavy atom. The fourth-order valence-corrected chi connectivity index (χ4v) is 3.66. The number of nitrogens with one attached hydrogen (secondary N) is 1. The number of rotatable bonds is 5. The first kappa shape index (κ1) is 14.1. The van der Waals surface area contributed by atoms with Gasteiger partial charge in [-0.25, -0.2) is 0 Å². The Bertz CT molecular complexity index is 426. The second-order valence-electron chi connectivity index (χ2n) is 6.27. The molecular formula is C17H27N3. The van der Waals surface area contributed by atoms with Gasteiger partial charge in [-0.2, -0.15) is 0 Å². The Kier molecular flexibility index (Phi) is 4.71. The molecule has 0 aromatic heterocycles. The van der Waals surface area contributed by atoms with Gasteiger partial charge in [0, 0.05) is 32.2 Å². The average molecular weight is 273 g/mol. The Balaban J connectivity index is 1.54. The van der Waals surface area contributed by atoms with E-state index in [1.807, 2.05) is 7.05 Å². The van der Waals surface area contributed by atoms with Crippen LogP contribution < -0.4 is 5.32 Å². The summed E-state index contributed by atoms with van der Waals surface area (Å²) in [5.74, 6) is 0. The van der Waals surface area contributed by atoms with Crippen molar-refractivity contribution in [1.29, 1.82) is 0 Å². The molecule has 2 fully saturated rings. The van der Waals surface area contributed by atoms with Gasteiger partial charge in [0.1, 0.15) is 0 Å². The molecule has 20 heavy (non-hydrogen) atoms. The lowest BCUT2D eigenvalue weighted by Crippen LogP contribution is -2.35. The predicted octanol–water partition coefficient (Wildman–Crippen LogP) is 2.08. The third-order valence-corrected chi connectivity index (χ3v) is 4.68. The van der Waals surface area contributed by atoms with Gasteiger partial charge < -0.3 is 5.32 Å². The third kappa shape index (κ3) is 3.40. The van der Waals surface area contributed by atoms with Crippen LogP contribution in [0.4, 0.5) is 0 Å². The molecule has 110 valence electrons. The van der Waals surface area contributed by atoms with Crippen LogP contribution in [-0.2, 0) is 13.1 Å². The first-order valence-electron chi connectivity index (χ1n) is 8.04. The Labute approximate surface area is 123 Å². The first-order valence-corrected chi connectivity index (χ1v) is 8.04. The number of benzene rings is 1. The van der Waals surface area contributed by atoms with E-state index in [1.54, 1.807) is 0 Å². The lowest BCUT2D eigenvalue weighted by Gasteiger charge is -2.23. The van der Waals surface area contributed by atoms with Crippen molar-refractivity contribution in [2.24, 2.45) is 0 Å². The van der Waals surface area contributed by atoms with Crippen molar-refractivity contribution in [3.05, 3.63) is 35.4 Å². The Morgan fingerprint density at radius 1 is 1.15 bits per heavy atom. The van der Waals surface area contributed by atoms with Crippen LogP contribution in [0, 0.1) is 0 Å². The molecule has 3 heteroatoms. The van der Waals surface area contributed by atoms with Crippen molar-refractivity contribution in [2.45, 2.75) is 38.4 Å². The van der Waals surface area contributed by atoms with E-state index >= 15 is 0 Å². The molecule has 0 radical (unpaired) electrons. The zero-order chi connectivity index (χ0) is 13.8. The number of hydrogen-bond acceptors (Lipinski definition) is 3. The van der Waals surface area contributed by atoms with Crippen LogP contribution in [0.3, 0.4) is 0 Å². The molecule has 2 saturated heterocycles. The molecule has 1 atom stereocenters. The highest BCUT2D eigenvalue weighted by Gasteiger charge is 2.28. The summed E-state index contributed by atoms with van der Waals surface area (Å²) in [6.07, 6.45) is 4.17. The molecule has 2 heterocycles. The maximum absolute atomic E-state index is 3.23. The van der Waals surface area contributed by atoms with Gasteiger partial charge in [0.2, 0.25) is 0 Å². The minimum Gasteiger partial charge on any atom is -0.316 e. The molecule has 1 aromatic rings. The molecule has 2 aliphatic heterocycles. The monoisotopic (exact) mass is 273 g/mol. The highest BCUT2D eigenvalue weighted by Crippen LogP contribution is 2.22. The van der Waals surface area contributed by atoms with E-state index < -0.39 is 0 Å². The molecule has 0 aliphatic carbocycles. The Hall–Kier alpha value is -0.900. The molecule has 3 nitrogen and oxygen atoms in total. The summed E-state index contributed by atoms with van der Waals surface area (Å²) in [6.45, 7) is 7.26. The molecule has 0 spiro atoms. The highest BCUT2D eigenvalue weighted by molar-refractivity contribution is 5.23. The summed E-state index contributed by atoms with van der Waals surface area (Å²) in [5, 5.41) is 3.23. The Morgan fingerprint density at radius 3 is 2.75 bits per heavy atom. The van der Waals surface area contributed by atoms with Crippen LogP contribution in [0.25, 0.3) is 0 Å². The van der Waals surface area contributed by atoms with Gasteiger partial charge in [-0.3, -0.25) is 9.80 Å². The van der Waals surface area contributed by atoms with Gasteiger partial charge in [0.05, 0.1) is 0 Å². The van der Waals surface area contributed by atoms with E-state index in [2.05, 4.69) is 39.4 Å². The van der Waals surface area contributed by atoms with Gasteiger partial charge in [-0.15, -0.1) is 0 Å². The third-order valence-electron chi connectivity index (χ3n) is 4.68. The summed E-state index contributed by atoms with van der Waals surface area (Å²) in [7, 11) is 2.01. The van der Waals surface area contributed by atoms with Crippen LogP contribution in [0.5, 0.6) is 0 Å². The SMILES string of the molecule is CNCc1cccc(CN2CCC(N3CCCC3)C2)c1. The fourth-order valence-electron chi connectivity index (χ4n) is 3.66. The van der Waals surface area contributed by atoms with Crippen LogP contribution in [0.2, 0.25) is 0 Å². The largest absolute Gasteiger partial charge is 0.316 e. The van der Waals surface area contributed by atoms with Crippen LogP contribution >= 0.6 is 0 Å². The fraction of sp³-hybridized carbons (Fsp3) is 0.647. The molecule has 1 unspecified atom stereocenters. The molecule has 0 saturated carbocycles.